The van der Waals surface area contributed by atoms with Crippen molar-refractivity contribution >= 4 is 15.9 Å². The second-order valence-corrected chi connectivity index (χ2v) is 7.75. The minimum Gasteiger partial charge on any atom is -0.341 e. The summed E-state index contributed by atoms with van der Waals surface area (Å²) < 4.78 is 22.6. The third-order valence-electron chi connectivity index (χ3n) is 3.96. The zero-order chi connectivity index (χ0) is 15.6. The number of rotatable bonds is 5. The van der Waals surface area contributed by atoms with Crippen molar-refractivity contribution in [2.75, 3.05) is 13.1 Å². The van der Waals surface area contributed by atoms with Gasteiger partial charge in [-0.25, -0.2) is 13.6 Å². The Labute approximate surface area is 126 Å². The molecule has 116 valence electrons. The largest absolute Gasteiger partial charge is 0.341 e. The summed E-state index contributed by atoms with van der Waals surface area (Å²) in [6.45, 7) is 5.03. The van der Waals surface area contributed by atoms with Crippen molar-refractivity contribution < 1.29 is 13.2 Å². The van der Waals surface area contributed by atoms with Crippen molar-refractivity contribution in [3.63, 3.8) is 0 Å². The molecule has 1 aromatic carbocycles. The molecule has 1 fully saturated rings. The van der Waals surface area contributed by atoms with Crippen LogP contribution in [0.2, 0.25) is 0 Å². The molecule has 0 saturated carbocycles. The lowest BCUT2D eigenvalue weighted by Gasteiger charge is -2.16. The Balaban J connectivity index is 1.93. The maximum atomic E-state index is 11.8. The molecule has 6 heteroatoms. The van der Waals surface area contributed by atoms with Gasteiger partial charge in [0.15, 0.2) is 0 Å². The number of carbonyl (C=O) groups excluding carboxylic acids is 1. The number of amides is 1. The summed E-state index contributed by atoms with van der Waals surface area (Å²) in [7, 11) is -3.63. The lowest BCUT2D eigenvalue weighted by Crippen LogP contribution is -2.33. The molecule has 1 unspecified atom stereocenters. The van der Waals surface area contributed by atoms with Gasteiger partial charge in [-0.05, 0) is 23.5 Å². The van der Waals surface area contributed by atoms with Gasteiger partial charge in [-0.1, -0.05) is 38.1 Å². The normalized spacial score (nSPS) is 19.5. The van der Waals surface area contributed by atoms with Crippen LogP contribution in [0.3, 0.4) is 0 Å². The van der Waals surface area contributed by atoms with Crippen LogP contribution < -0.4 is 5.14 Å². The number of likely N-dealkylation sites (tertiary alicyclic amines) is 1. The SMILES string of the molecule is CC(C)c1ccc(CCN2CC(S(N)(=O)=O)CC2=O)cc1. The van der Waals surface area contributed by atoms with E-state index in [4.69, 9.17) is 5.14 Å². The molecule has 2 rings (SSSR count). The zero-order valence-electron chi connectivity index (χ0n) is 12.5. The third kappa shape index (κ3) is 4.04. The van der Waals surface area contributed by atoms with Crippen LogP contribution in [0.25, 0.3) is 0 Å². The molecule has 1 aliphatic rings. The Hall–Kier alpha value is -1.40. The molecule has 0 aliphatic carbocycles. The molecule has 1 aromatic rings. The summed E-state index contributed by atoms with van der Waals surface area (Å²) in [5, 5.41) is 4.35. The van der Waals surface area contributed by atoms with Crippen molar-refractivity contribution in [2.24, 2.45) is 5.14 Å². The van der Waals surface area contributed by atoms with E-state index in [1.165, 1.54) is 5.56 Å². The number of hydrogen-bond donors (Lipinski definition) is 1. The fourth-order valence-corrected chi connectivity index (χ4v) is 3.27. The van der Waals surface area contributed by atoms with Crippen molar-refractivity contribution in [3.8, 4) is 0 Å². The molecular formula is C15H22N2O3S. The molecule has 0 bridgehead atoms. The van der Waals surface area contributed by atoms with Gasteiger partial charge in [0.05, 0.1) is 0 Å². The summed E-state index contributed by atoms with van der Waals surface area (Å²) >= 11 is 0. The number of primary sulfonamides is 1. The van der Waals surface area contributed by atoms with E-state index in [0.29, 0.717) is 12.5 Å². The molecular weight excluding hydrogens is 288 g/mol. The molecule has 1 heterocycles. The molecule has 0 radical (unpaired) electrons. The van der Waals surface area contributed by atoms with E-state index in [2.05, 4.69) is 38.1 Å². The van der Waals surface area contributed by atoms with Gasteiger partial charge >= 0.3 is 0 Å². The smallest absolute Gasteiger partial charge is 0.224 e. The van der Waals surface area contributed by atoms with Gasteiger partial charge in [-0.3, -0.25) is 4.79 Å². The average molecular weight is 310 g/mol. The highest BCUT2D eigenvalue weighted by atomic mass is 32.2. The summed E-state index contributed by atoms with van der Waals surface area (Å²) in [4.78, 5) is 13.4. The Morgan fingerprint density at radius 2 is 1.90 bits per heavy atom. The van der Waals surface area contributed by atoms with E-state index in [1.807, 2.05) is 0 Å². The summed E-state index contributed by atoms with van der Waals surface area (Å²) in [6.07, 6.45) is 0.729. The quantitative estimate of drug-likeness (QED) is 0.888. The Kier molecular flexibility index (Phi) is 4.68. The number of carbonyl (C=O) groups is 1. The van der Waals surface area contributed by atoms with Crippen molar-refractivity contribution in [1.29, 1.82) is 0 Å². The fraction of sp³-hybridized carbons (Fsp3) is 0.533. The van der Waals surface area contributed by atoms with Crippen molar-refractivity contribution in [2.45, 2.75) is 37.9 Å². The first-order valence-electron chi connectivity index (χ1n) is 7.15. The highest BCUT2D eigenvalue weighted by Gasteiger charge is 2.35. The first-order valence-corrected chi connectivity index (χ1v) is 8.76. The summed E-state index contributed by atoms with van der Waals surface area (Å²) in [5.41, 5.74) is 2.43. The molecule has 5 nitrogen and oxygen atoms in total. The van der Waals surface area contributed by atoms with E-state index in [0.717, 1.165) is 12.0 Å². The van der Waals surface area contributed by atoms with Crippen LogP contribution in [0.15, 0.2) is 24.3 Å². The van der Waals surface area contributed by atoms with Crippen LogP contribution in [0.5, 0.6) is 0 Å². The topological polar surface area (TPSA) is 80.5 Å². The molecule has 1 aliphatic heterocycles. The summed E-state index contributed by atoms with van der Waals surface area (Å²) in [6, 6.07) is 8.32. The van der Waals surface area contributed by atoms with Gasteiger partial charge in [-0.2, -0.15) is 0 Å². The minimum absolute atomic E-state index is 0.00508. The first kappa shape index (κ1) is 16.0. The van der Waals surface area contributed by atoms with E-state index in [9.17, 15) is 13.2 Å². The van der Waals surface area contributed by atoms with Crippen molar-refractivity contribution in [3.05, 3.63) is 35.4 Å². The predicted octanol–water partition coefficient (Wildman–Crippen LogP) is 1.24. The van der Waals surface area contributed by atoms with Crippen LogP contribution in [-0.2, 0) is 21.2 Å². The van der Waals surface area contributed by atoms with Crippen LogP contribution in [-0.4, -0.2) is 37.6 Å². The molecule has 1 amide bonds. The number of sulfonamides is 1. The predicted molar refractivity (Wildman–Crippen MR) is 82.3 cm³/mol. The van der Waals surface area contributed by atoms with Crippen LogP contribution in [0.1, 0.15) is 37.3 Å². The maximum absolute atomic E-state index is 11.8. The fourth-order valence-electron chi connectivity index (χ4n) is 2.51. The Bertz CT molecular complexity index is 608. The highest BCUT2D eigenvalue weighted by Crippen LogP contribution is 2.18. The van der Waals surface area contributed by atoms with Crippen LogP contribution in [0.4, 0.5) is 0 Å². The third-order valence-corrected chi connectivity index (χ3v) is 5.21. The molecule has 1 atom stereocenters. The van der Waals surface area contributed by atoms with E-state index >= 15 is 0 Å². The molecule has 0 aromatic heterocycles. The maximum Gasteiger partial charge on any atom is 0.224 e. The molecule has 1 saturated heterocycles. The lowest BCUT2D eigenvalue weighted by molar-refractivity contribution is -0.127. The standard InChI is InChI=1S/C15H22N2O3S/c1-11(2)13-5-3-12(4-6-13)7-8-17-10-14(9-15(17)18)21(16,19)20/h3-6,11,14H,7-10H2,1-2H3,(H2,16,19,20). The van der Waals surface area contributed by atoms with Crippen LogP contribution in [0, 0.1) is 0 Å². The molecule has 0 spiro atoms. The van der Waals surface area contributed by atoms with Gasteiger partial charge in [0.25, 0.3) is 0 Å². The van der Waals surface area contributed by atoms with Gasteiger partial charge in [0, 0.05) is 19.5 Å². The number of hydrogen-bond acceptors (Lipinski definition) is 3. The Morgan fingerprint density at radius 1 is 1.29 bits per heavy atom. The van der Waals surface area contributed by atoms with E-state index in [1.54, 1.807) is 4.90 Å². The number of benzene rings is 1. The second-order valence-electron chi connectivity index (χ2n) is 5.90. The van der Waals surface area contributed by atoms with E-state index < -0.39 is 15.3 Å². The number of nitrogens with zero attached hydrogens (tertiary/aromatic N) is 1. The van der Waals surface area contributed by atoms with Crippen molar-refractivity contribution in [1.82, 2.24) is 4.90 Å². The molecule has 21 heavy (non-hydrogen) atoms. The first-order chi connectivity index (χ1) is 9.77. The monoisotopic (exact) mass is 310 g/mol. The van der Waals surface area contributed by atoms with Gasteiger partial charge in [0.1, 0.15) is 5.25 Å². The van der Waals surface area contributed by atoms with E-state index in [-0.39, 0.29) is 18.9 Å². The lowest BCUT2D eigenvalue weighted by atomic mass is 10.0. The van der Waals surface area contributed by atoms with Crippen LogP contribution >= 0.6 is 0 Å². The average Bonchev–Trinajstić information content (AvgIpc) is 2.78. The van der Waals surface area contributed by atoms with Gasteiger partial charge in [-0.15, -0.1) is 0 Å². The molecule has 2 N–H and O–H groups in total. The highest BCUT2D eigenvalue weighted by molar-refractivity contribution is 7.89. The summed E-state index contributed by atoms with van der Waals surface area (Å²) in [5.74, 6) is 0.363. The second kappa shape index (κ2) is 6.15. The number of nitrogens with two attached hydrogens (primary N) is 1. The zero-order valence-corrected chi connectivity index (χ0v) is 13.3. The van der Waals surface area contributed by atoms with Gasteiger partial charge < -0.3 is 4.90 Å². The Morgan fingerprint density at radius 3 is 2.38 bits per heavy atom. The van der Waals surface area contributed by atoms with Gasteiger partial charge in [0.2, 0.25) is 15.9 Å². The minimum atomic E-state index is -3.63.